The second-order valence-electron chi connectivity index (χ2n) is 5.49. The Morgan fingerprint density at radius 1 is 1.27 bits per heavy atom. The van der Waals surface area contributed by atoms with Crippen molar-refractivity contribution in [2.45, 2.75) is 0 Å². The molecule has 6 nitrogen and oxygen atoms in total. The Hall–Kier alpha value is -3.50. The first kappa shape index (κ1) is 17.3. The van der Waals surface area contributed by atoms with Gasteiger partial charge in [0.05, 0.1) is 11.6 Å². The van der Waals surface area contributed by atoms with Crippen LogP contribution in [0.15, 0.2) is 60.8 Å². The summed E-state index contributed by atoms with van der Waals surface area (Å²) >= 11 is 5.04. The number of aromatic nitrogens is 1. The summed E-state index contributed by atoms with van der Waals surface area (Å²) in [6, 6.07) is 12.7. The third kappa shape index (κ3) is 3.18. The summed E-state index contributed by atoms with van der Waals surface area (Å²) < 4.78 is 1.79. The number of hydrogen-bond acceptors (Lipinski definition) is 4. The van der Waals surface area contributed by atoms with E-state index in [0.29, 0.717) is 11.3 Å². The number of benzene rings is 1. The van der Waals surface area contributed by atoms with Crippen LogP contribution in [0, 0.1) is 11.3 Å². The fraction of sp³-hybridized carbons (Fsp3) is 0.0526. The van der Waals surface area contributed by atoms with Gasteiger partial charge in [-0.25, -0.2) is 0 Å². The van der Waals surface area contributed by atoms with Crippen LogP contribution in [-0.4, -0.2) is 32.9 Å². The summed E-state index contributed by atoms with van der Waals surface area (Å²) in [6.07, 6.45) is 4.84. The molecule has 1 fully saturated rings. The van der Waals surface area contributed by atoms with Crippen LogP contribution < -0.4 is 5.32 Å². The van der Waals surface area contributed by atoms with Crippen molar-refractivity contribution in [2.24, 2.45) is 0 Å². The van der Waals surface area contributed by atoms with Gasteiger partial charge in [0.25, 0.3) is 11.8 Å². The SMILES string of the molecule is C=CCN1C(=O)/C(=C\c2cccn2-c2cccc(C#N)c2)C(=O)NC1=S. The Kier molecular flexibility index (Phi) is 4.78. The Labute approximate surface area is 155 Å². The van der Waals surface area contributed by atoms with Crippen molar-refractivity contribution in [2.75, 3.05) is 6.54 Å². The quantitative estimate of drug-likeness (QED) is 0.391. The lowest BCUT2D eigenvalue weighted by Gasteiger charge is -2.27. The number of rotatable bonds is 4. The molecule has 1 aliphatic heterocycles. The van der Waals surface area contributed by atoms with Crippen molar-refractivity contribution in [3.63, 3.8) is 0 Å². The minimum Gasteiger partial charge on any atom is -0.317 e. The van der Waals surface area contributed by atoms with Gasteiger partial charge in [0.1, 0.15) is 5.57 Å². The summed E-state index contributed by atoms with van der Waals surface area (Å²) in [5.74, 6) is -1.02. The van der Waals surface area contributed by atoms with Crippen LogP contribution in [0.25, 0.3) is 11.8 Å². The molecular weight excluding hydrogens is 348 g/mol. The summed E-state index contributed by atoms with van der Waals surface area (Å²) in [6.45, 7) is 3.81. The normalized spacial score (nSPS) is 15.7. The van der Waals surface area contributed by atoms with Crippen molar-refractivity contribution in [3.8, 4) is 11.8 Å². The molecule has 2 amide bonds. The number of nitrogens with zero attached hydrogens (tertiary/aromatic N) is 3. The monoisotopic (exact) mass is 362 g/mol. The Balaban J connectivity index is 2.03. The molecule has 3 rings (SSSR count). The van der Waals surface area contributed by atoms with Crippen LogP contribution in [0.3, 0.4) is 0 Å². The van der Waals surface area contributed by atoms with E-state index in [-0.39, 0.29) is 17.2 Å². The number of carbonyl (C=O) groups excluding carboxylic acids is 2. The third-order valence-electron chi connectivity index (χ3n) is 3.82. The molecule has 26 heavy (non-hydrogen) atoms. The fourth-order valence-electron chi connectivity index (χ4n) is 2.61. The van der Waals surface area contributed by atoms with E-state index in [1.807, 2.05) is 6.07 Å². The maximum Gasteiger partial charge on any atom is 0.266 e. The predicted molar refractivity (Wildman–Crippen MR) is 101 cm³/mol. The average molecular weight is 362 g/mol. The number of amides is 2. The molecule has 1 aromatic heterocycles. The fourth-order valence-corrected chi connectivity index (χ4v) is 2.86. The molecule has 1 saturated heterocycles. The summed E-state index contributed by atoms with van der Waals surface area (Å²) in [4.78, 5) is 26.1. The predicted octanol–water partition coefficient (Wildman–Crippen LogP) is 2.16. The highest BCUT2D eigenvalue weighted by Crippen LogP contribution is 2.19. The molecule has 1 aromatic carbocycles. The number of nitrogens with one attached hydrogen (secondary N) is 1. The van der Waals surface area contributed by atoms with Gasteiger partial charge in [0, 0.05) is 24.1 Å². The van der Waals surface area contributed by atoms with Crippen LogP contribution in [-0.2, 0) is 9.59 Å². The number of hydrogen-bond donors (Lipinski definition) is 1. The van der Waals surface area contributed by atoms with E-state index in [2.05, 4.69) is 18.0 Å². The Morgan fingerprint density at radius 3 is 2.81 bits per heavy atom. The standard InChI is InChI=1S/C19H14N4O2S/c1-2-8-23-18(25)16(17(24)21-19(23)26)11-15-7-4-9-22(15)14-6-3-5-13(10-14)12-20/h2-7,9-11H,1,8H2,(H,21,24,26)/b16-11-. The van der Waals surface area contributed by atoms with Crippen molar-refractivity contribution in [1.29, 1.82) is 5.26 Å². The van der Waals surface area contributed by atoms with Gasteiger partial charge in [0.15, 0.2) is 5.11 Å². The van der Waals surface area contributed by atoms with E-state index in [4.69, 9.17) is 17.5 Å². The first-order valence-corrected chi connectivity index (χ1v) is 8.13. The molecule has 0 atom stereocenters. The highest BCUT2D eigenvalue weighted by Gasteiger charge is 2.32. The van der Waals surface area contributed by atoms with Gasteiger partial charge >= 0.3 is 0 Å². The van der Waals surface area contributed by atoms with Crippen molar-refractivity contribution >= 4 is 35.2 Å². The number of carbonyl (C=O) groups is 2. The summed E-state index contributed by atoms with van der Waals surface area (Å²) in [7, 11) is 0. The molecule has 1 N–H and O–H groups in total. The minimum absolute atomic E-state index is 0.0168. The van der Waals surface area contributed by atoms with Gasteiger partial charge in [-0.15, -0.1) is 6.58 Å². The van der Waals surface area contributed by atoms with E-state index in [1.54, 1.807) is 41.1 Å². The zero-order valence-electron chi connectivity index (χ0n) is 13.7. The van der Waals surface area contributed by atoms with Crippen LogP contribution in [0.5, 0.6) is 0 Å². The molecule has 0 saturated carbocycles. The second-order valence-corrected chi connectivity index (χ2v) is 5.87. The molecule has 7 heteroatoms. The topological polar surface area (TPSA) is 78.1 Å². The van der Waals surface area contributed by atoms with Crippen molar-refractivity contribution in [1.82, 2.24) is 14.8 Å². The maximum absolute atomic E-state index is 12.6. The molecule has 1 aliphatic rings. The van der Waals surface area contributed by atoms with Gasteiger partial charge in [-0.2, -0.15) is 5.26 Å². The molecule has 2 aromatic rings. The molecule has 0 unspecified atom stereocenters. The van der Waals surface area contributed by atoms with Crippen LogP contribution in [0.4, 0.5) is 0 Å². The average Bonchev–Trinajstić information content (AvgIpc) is 3.10. The smallest absolute Gasteiger partial charge is 0.266 e. The van der Waals surface area contributed by atoms with Gasteiger partial charge in [-0.05, 0) is 48.6 Å². The van der Waals surface area contributed by atoms with Crippen molar-refractivity contribution < 1.29 is 9.59 Å². The maximum atomic E-state index is 12.6. The zero-order chi connectivity index (χ0) is 18.7. The van der Waals surface area contributed by atoms with Crippen molar-refractivity contribution in [3.05, 3.63) is 72.1 Å². The van der Waals surface area contributed by atoms with E-state index in [1.165, 1.54) is 17.1 Å². The lowest BCUT2D eigenvalue weighted by atomic mass is 10.1. The van der Waals surface area contributed by atoms with Gasteiger partial charge in [-0.1, -0.05) is 12.1 Å². The lowest BCUT2D eigenvalue weighted by molar-refractivity contribution is -0.128. The van der Waals surface area contributed by atoms with Crippen LogP contribution in [0.1, 0.15) is 11.3 Å². The first-order valence-electron chi connectivity index (χ1n) is 7.73. The molecule has 0 radical (unpaired) electrons. The minimum atomic E-state index is -0.543. The summed E-state index contributed by atoms with van der Waals surface area (Å²) in [5.41, 5.74) is 1.88. The van der Waals surface area contributed by atoms with Gasteiger partial charge < -0.3 is 4.57 Å². The highest BCUT2D eigenvalue weighted by atomic mass is 32.1. The lowest BCUT2D eigenvalue weighted by Crippen LogP contribution is -2.53. The number of thiocarbonyl (C=S) groups is 1. The molecule has 0 spiro atoms. The molecule has 0 bridgehead atoms. The zero-order valence-corrected chi connectivity index (χ0v) is 14.5. The summed E-state index contributed by atoms with van der Waals surface area (Å²) in [5, 5.41) is 11.6. The molecular formula is C19H14N4O2S. The van der Waals surface area contributed by atoms with Crippen LogP contribution >= 0.6 is 12.2 Å². The molecule has 128 valence electrons. The highest BCUT2D eigenvalue weighted by molar-refractivity contribution is 7.80. The third-order valence-corrected chi connectivity index (χ3v) is 4.15. The van der Waals surface area contributed by atoms with Gasteiger partial charge in [0.2, 0.25) is 0 Å². The Morgan fingerprint density at radius 2 is 2.08 bits per heavy atom. The van der Waals surface area contributed by atoms with Crippen LogP contribution in [0.2, 0.25) is 0 Å². The van der Waals surface area contributed by atoms with E-state index in [0.717, 1.165) is 5.69 Å². The van der Waals surface area contributed by atoms with E-state index >= 15 is 0 Å². The molecule has 0 aliphatic carbocycles. The largest absolute Gasteiger partial charge is 0.317 e. The molecule has 2 heterocycles. The second kappa shape index (κ2) is 7.17. The van der Waals surface area contributed by atoms with Gasteiger partial charge in [-0.3, -0.25) is 19.8 Å². The van der Waals surface area contributed by atoms with E-state index < -0.39 is 11.8 Å². The Bertz CT molecular complexity index is 997. The van der Waals surface area contributed by atoms with E-state index in [9.17, 15) is 9.59 Å². The number of nitriles is 1. The first-order chi connectivity index (χ1) is 12.5.